The van der Waals surface area contributed by atoms with Gasteiger partial charge in [0, 0.05) is 43.7 Å². The van der Waals surface area contributed by atoms with Crippen LogP contribution >= 0.6 is 0 Å². The molecule has 240 valence electrons. The van der Waals surface area contributed by atoms with Crippen LogP contribution in [0.3, 0.4) is 0 Å². The molecule has 4 heterocycles. The average Bonchev–Trinajstić information content (AvgIpc) is 3.87. The van der Waals surface area contributed by atoms with Crippen molar-refractivity contribution >= 4 is 60.8 Å². The van der Waals surface area contributed by atoms with Gasteiger partial charge >= 0.3 is 0 Å². The van der Waals surface area contributed by atoms with Gasteiger partial charge in [0.2, 0.25) is 0 Å². The Bertz CT molecular complexity index is 3040. The van der Waals surface area contributed by atoms with E-state index in [9.17, 15) is 0 Å². The third-order valence-electron chi connectivity index (χ3n) is 10.1. The van der Waals surface area contributed by atoms with E-state index in [1.807, 2.05) is 42.5 Å². The van der Waals surface area contributed by atoms with E-state index >= 15 is 0 Å². The Morgan fingerprint density at radius 1 is 0.510 bits per heavy atom. The van der Waals surface area contributed by atoms with Gasteiger partial charge in [-0.05, 0) is 61.4 Å². The van der Waals surface area contributed by atoms with Crippen LogP contribution in [-0.4, -0.2) is 19.5 Å². The fourth-order valence-corrected chi connectivity index (χ4v) is 7.81. The summed E-state index contributed by atoms with van der Waals surface area (Å²) in [5, 5.41) is 5.54. The number of hydrogen-bond donors (Lipinski definition) is 0. The number of benzene rings is 6. The van der Waals surface area contributed by atoms with Gasteiger partial charge in [0.25, 0.3) is 0 Å². The summed E-state index contributed by atoms with van der Waals surface area (Å²) in [4.78, 5) is 15.6. The van der Waals surface area contributed by atoms with Gasteiger partial charge in [-0.2, -0.15) is 0 Å². The molecule has 1 aliphatic carbocycles. The lowest BCUT2D eigenvalue weighted by atomic mass is 10.00. The summed E-state index contributed by atoms with van der Waals surface area (Å²) >= 11 is 0. The van der Waals surface area contributed by atoms with Crippen molar-refractivity contribution in [1.82, 2.24) is 19.5 Å². The minimum absolute atomic E-state index is 0.538. The Morgan fingerprint density at radius 2 is 1.18 bits per heavy atom. The smallest absolute Gasteiger partial charge is 0.167 e. The number of nitrogens with zero attached hydrogens (tertiary/aromatic N) is 4. The summed E-state index contributed by atoms with van der Waals surface area (Å²) in [5.74, 6) is 2.57. The summed E-state index contributed by atoms with van der Waals surface area (Å²) in [7, 11) is 0. The highest BCUT2D eigenvalue weighted by atomic mass is 16.3. The molecule has 6 aromatic carbocycles. The van der Waals surface area contributed by atoms with Crippen LogP contribution in [0.25, 0.3) is 101 Å². The number of hydrogen-bond acceptors (Lipinski definition) is 5. The van der Waals surface area contributed by atoms with Gasteiger partial charge < -0.3 is 13.4 Å². The van der Waals surface area contributed by atoms with Crippen molar-refractivity contribution in [1.29, 1.82) is 0 Å². The normalized spacial score (nSPS) is 12.9. The summed E-state index contributed by atoms with van der Waals surface area (Å²) in [5.41, 5.74) is 9.44. The Hall–Kier alpha value is -6.79. The van der Waals surface area contributed by atoms with Gasteiger partial charge in [-0.25, -0.2) is 15.0 Å². The number of furan rings is 2. The lowest BCUT2D eigenvalue weighted by Crippen LogP contribution is -2.01. The first-order valence-electron chi connectivity index (χ1n) is 17.3. The predicted molar refractivity (Wildman–Crippen MR) is 205 cm³/mol. The number of fused-ring (bicyclic) bond motifs is 9. The quantitative estimate of drug-likeness (QED) is 0.189. The molecule has 4 aromatic heterocycles. The number of rotatable bonds is 4. The fraction of sp³-hybridized carbons (Fsp3) is 0.0444. The molecule has 0 aliphatic heterocycles. The van der Waals surface area contributed by atoms with Gasteiger partial charge in [0.05, 0.1) is 22.2 Å². The molecular weight excluding hydrogens is 629 g/mol. The standard InChI is InChI=1S/C45H28N4O2/c1-2-12-28(13-3-1)49-37-21-7-4-14-29(37)30-25-24-27(26-38(30)49)43-46-44(35-19-10-17-33-31-15-5-8-22-39(31)50-41(33)35)48-45(47-43)36-20-11-18-34-32-16-6-9-23-40(32)51-42(34)36/h1-5,7-15,17-26H,6,16H2. The first kappa shape index (κ1) is 28.1. The Balaban J connectivity index is 1.19. The van der Waals surface area contributed by atoms with Crippen molar-refractivity contribution in [2.75, 3.05) is 0 Å². The highest BCUT2D eigenvalue weighted by Crippen LogP contribution is 2.40. The number of allylic oxidation sites excluding steroid dienone is 1. The van der Waals surface area contributed by atoms with E-state index in [2.05, 4.69) is 108 Å². The second-order valence-electron chi connectivity index (χ2n) is 13.1. The predicted octanol–water partition coefficient (Wildman–Crippen LogP) is 11.6. The van der Waals surface area contributed by atoms with Crippen molar-refractivity contribution in [2.45, 2.75) is 12.8 Å². The molecule has 1 aliphatic rings. The van der Waals surface area contributed by atoms with Crippen LogP contribution in [0.5, 0.6) is 0 Å². The van der Waals surface area contributed by atoms with E-state index in [0.717, 1.165) is 84.9 Å². The Morgan fingerprint density at radius 3 is 2.02 bits per heavy atom. The molecule has 51 heavy (non-hydrogen) atoms. The van der Waals surface area contributed by atoms with Crippen molar-refractivity contribution in [2.24, 2.45) is 0 Å². The minimum Gasteiger partial charge on any atom is -0.456 e. The van der Waals surface area contributed by atoms with Gasteiger partial charge in [0.15, 0.2) is 17.5 Å². The fourth-order valence-electron chi connectivity index (χ4n) is 7.81. The molecule has 0 bridgehead atoms. The number of para-hydroxylation sites is 5. The van der Waals surface area contributed by atoms with Crippen LogP contribution in [0.1, 0.15) is 17.7 Å². The maximum absolute atomic E-state index is 6.52. The monoisotopic (exact) mass is 656 g/mol. The molecule has 0 atom stereocenters. The van der Waals surface area contributed by atoms with Crippen molar-refractivity contribution < 1.29 is 8.83 Å². The second-order valence-corrected chi connectivity index (χ2v) is 13.1. The van der Waals surface area contributed by atoms with Gasteiger partial charge in [-0.15, -0.1) is 0 Å². The third kappa shape index (κ3) is 4.26. The highest BCUT2D eigenvalue weighted by molar-refractivity contribution is 6.11. The molecule has 10 aromatic rings. The summed E-state index contributed by atoms with van der Waals surface area (Å²) in [6.45, 7) is 0. The van der Waals surface area contributed by atoms with Crippen molar-refractivity contribution in [3.63, 3.8) is 0 Å². The van der Waals surface area contributed by atoms with E-state index < -0.39 is 0 Å². The first-order chi connectivity index (χ1) is 25.3. The van der Waals surface area contributed by atoms with E-state index in [4.69, 9.17) is 23.8 Å². The molecule has 6 nitrogen and oxygen atoms in total. The average molecular weight is 657 g/mol. The molecule has 0 amide bonds. The van der Waals surface area contributed by atoms with Crippen molar-refractivity contribution in [3.8, 4) is 39.9 Å². The van der Waals surface area contributed by atoms with Gasteiger partial charge in [-0.3, -0.25) is 0 Å². The van der Waals surface area contributed by atoms with Crippen molar-refractivity contribution in [3.05, 3.63) is 151 Å². The van der Waals surface area contributed by atoms with Crippen LogP contribution < -0.4 is 0 Å². The molecule has 6 heteroatoms. The zero-order valence-electron chi connectivity index (χ0n) is 27.4. The number of aryl methyl sites for hydroxylation is 1. The lowest BCUT2D eigenvalue weighted by Gasteiger charge is -2.11. The van der Waals surface area contributed by atoms with Gasteiger partial charge in [0.1, 0.15) is 22.5 Å². The van der Waals surface area contributed by atoms with Crippen LogP contribution in [0.4, 0.5) is 0 Å². The summed E-state index contributed by atoms with van der Waals surface area (Å²) in [6, 6.07) is 46.0. The molecular formula is C45H28N4O2. The maximum Gasteiger partial charge on any atom is 0.167 e. The van der Waals surface area contributed by atoms with E-state index in [0.29, 0.717) is 17.5 Å². The van der Waals surface area contributed by atoms with Crippen LogP contribution in [0.2, 0.25) is 0 Å². The lowest BCUT2D eigenvalue weighted by molar-refractivity contribution is 0.596. The Labute approximate surface area is 291 Å². The van der Waals surface area contributed by atoms with Crippen LogP contribution in [0, 0.1) is 0 Å². The summed E-state index contributed by atoms with van der Waals surface area (Å²) in [6.07, 6.45) is 6.19. The largest absolute Gasteiger partial charge is 0.456 e. The molecule has 0 saturated heterocycles. The molecule has 0 radical (unpaired) electrons. The molecule has 11 rings (SSSR count). The second kappa shape index (κ2) is 10.9. The first-order valence-corrected chi connectivity index (χ1v) is 17.3. The molecule has 0 spiro atoms. The molecule has 0 saturated carbocycles. The molecule has 0 fully saturated rings. The highest BCUT2D eigenvalue weighted by Gasteiger charge is 2.23. The van der Waals surface area contributed by atoms with E-state index in [1.54, 1.807) is 0 Å². The minimum atomic E-state index is 0.538. The van der Waals surface area contributed by atoms with E-state index in [-0.39, 0.29) is 0 Å². The maximum atomic E-state index is 6.52. The zero-order chi connectivity index (χ0) is 33.5. The SMILES string of the molecule is C1=Cc2oc3c(-c4nc(-c5ccc6c7ccccc7n(-c7ccccc7)c6c5)nc(-c5cccc6c5oc5ccccc56)n4)cccc3c2CC1. The third-order valence-corrected chi connectivity index (χ3v) is 10.1. The topological polar surface area (TPSA) is 69.9 Å². The van der Waals surface area contributed by atoms with Crippen LogP contribution in [0.15, 0.2) is 148 Å². The van der Waals surface area contributed by atoms with E-state index in [1.165, 1.54) is 16.3 Å². The Kier molecular flexibility index (Phi) is 5.98. The zero-order valence-corrected chi connectivity index (χ0v) is 27.4. The van der Waals surface area contributed by atoms with Crippen LogP contribution in [-0.2, 0) is 6.42 Å². The number of aromatic nitrogens is 4. The summed E-state index contributed by atoms with van der Waals surface area (Å²) < 4.78 is 15.3. The molecule has 0 unspecified atom stereocenters. The van der Waals surface area contributed by atoms with Gasteiger partial charge in [-0.1, -0.05) is 97.1 Å². The molecule has 0 N–H and O–H groups in total.